The lowest BCUT2D eigenvalue weighted by atomic mass is 10.1. The maximum absolute atomic E-state index is 11.9. The molecule has 92 valence electrons. The Morgan fingerprint density at radius 3 is 2.65 bits per heavy atom. The molecular weight excluding hydrogens is 216 g/mol. The fourth-order valence-corrected chi connectivity index (χ4v) is 2.16. The topological polar surface area (TPSA) is 50.5 Å². The van der Waals surface area contributed by atoms with Crippen LogP contribution in [-0.4, -0.2) is 32.5 Å². The van der Waals surface area contributed by atoms with Gasteiger partial charge in [-0.15, -0.1) is 0 Å². The van der Waals surface area contributed by atoms with Gasteiger partial charge in [0.05, 0.1) is 23.9 Å². The van der Waals surface area contributed by atoms with Crippen LogP contribution in [0.5, 0.6) is 0 Å². The highest BCUT2D eigenvalue weighted by molar-refractivity contribution is 6.12. The molecule has 1 aromatic heterocycles. The zero-order valence-corrected chi connectivity index (χ0v) is 10.6. The number of aromatic nitrogens is 2. The molecule has 0 saturated heterocycles. The monoisotopic (exact) mass is 234 g/mol. The lowest BCUT2D eigenvalue weighted by Gasteiger charge is -2.21. The number of amides is 1. The van der Waals surface area contributed by atoms with Crippen LogP contribution >= 0.6 is 0 Å². The minimum absolute atomic E-state index is 0.0925. The first kappa shape index (κ1) is 11.8. The summed E-state index contributed by atoms with van der Waals surface area (Å²) in [7, 11) is 1.86. The number of aryl methyl sites for hydroxylation is 1. The third kappa shape index (κ3) is 2.09. The highest BCUT2D eigenvalue weighted by atomic mass is 16.2. The van der Waals surface area contributed by atoms with Crippen LogP contribution in [0, 0.1) is 0 Å². The molecule has 0 fully saturated rings. The van der Waals surface area contributed by atoms with Crippen molar-refractivity contribution in [2.45, 2.75) is 39.2 Å². The van der Waals surface area contributed by atoms with E-state index in [1.54, 1.807) is 15.9 Å². The van der Waals surface area contributed by atoms with Crippen molar-refractivity contribution in [3.8, 4) is 0 Å². The van der Waals surface area contributed by atoms with Gasteiger partial charge in [-0.2, -0.15) is 10.2 Å². The second-order valence-electron chi connectivity index (χ2n) is 4.27. The Kier molecular flexibility index (Phi) is 3.26. The molecular formula is C12H18N4O. The van der Waals surface area contributed by atoms with Gasteiger partial charge < -0.3 is 0 Å². The van der Waals surface area contributed by atoms with Crippen molar-refractivity contribution in [2.75, 3.05) is 0 Å². The van der Waals surface area contributed by atoms with Crippen molar-refractivity contribution >= 4 is 11.6 Å². The molecule has 0 aromatic carbocycles. The molecule has 5 nitrogen and oxygen atoms in total. The molecule has 0 spiro atoms. The minimum Gasteiger partial charge on any atom is -0.272 e. The molecule has 0 radical (unpaired) electrons. The number of carbonyl (C=O) groups excluding carboxylic acids is 1. The van der Waals surface area contributed by atoms with Crippen molar-refractivity contribution in [3.05, 3.63) is 18.0 Å². The standard InChI is InChI=1S/C12H18N4O/c1-4-9(5-2)16-12(17)8-10(14-16)11-6-7-13-15(11)3/h6-7,9H,4-5,8H2,1-3H3. The van der Waals surface area contributed by atoms with Gasteiger partial charge in [0, 0.05) is 13.2 Å². The molecule has 1 amide bonds. The van der Waals surface area contributed by atoms with E-state index in [-0.39, 0.29) is 11.9 Å². The van der Waals surface area contributed by atoms with Gasteiger partial charge >= 0.3 is 0 Å². The van der Waals surface area contributed by atoms with E-state index in [0.717, 1.165) is 24.2 Å². The van der Waals surface area contributed by atoms with Crippen molar-refractivity contribution in [3.63, 3.8) is 0 Å². The quantitative estimate of drug-likeness (QED) is 0.793. The number of hydrogen-bond acceptors (Lipinski definition) is 3. The zero-order chi connectivity index (χ0) is 12.4. The second-order valence-corrected chi connectivity index (χ2v) is 4.27. The molecule has 0 atom stereocenters. The van der Waals surface area contributed by atoms with E-state index in [1.165, 1.54) is 0 Å². The van der Waals surface area contributed by atoms with Crippen LogP contribution in [0.2, 0.25) is 0 Å². The smallest absolute Gasteiger partial charge is 0.249 e. The molecule has 1 aromatic rings. The van der Waals surface area contributed by atoms with Gasteiger partial charge in [-0.25, -0.2) is 5.01 Å². The number of hydrogen-bond donors (Lipinski definition) is 0. The van der Waals surface area contributed by atoms with E-state index in [0.29, 0.717) is 6.42 Å². The van der Waals surface area contributed by atoms with Gasteiger partial charge in [0.2, 0.25) is 5.91 Å². The molecule has 1 aliphatic heterocycles. The first-order chi connectivity index (χ1) is 8.17. The van der Waals surface area contributed by atoms with Gasteiger partial charge in [0.15, 0.2) is 0 Å². The highest BCUT2D eigenvalue weighted by Gasteiger charge is 2.30. The summed E-state index contributed by atoms with van der Waals surface area (Å²) < 4.78 is 1.75. The average Bonchev–Trinajstić information content (AvgIpc) is 2.88. The van der Waals surface area contributed by atoms with Crippen LogP contribution in [0.1, 0.15) is 38.8 Å². The lowest BCUT2D eigenvalue weighted by molar-refractivity contribution is -0.130. The summed E-state index contributed by atoms with van der Waals surface area (Å²) in [4.78, 5) is 11.9. The Morgan fingerprint density at radius 1 is 1.41 bits per heavy atom. The Balaban J connectivity index is 2.25. The second kappa shape index (κ2) is 4.69. The summed E-state index contributed by atoms with van der Waals surface area (Å²) in [6.07, 6.45) is 3.98. The minimum atomic E-state index is 0.0925. The molecule has 2 rings (SSSR count). The largest absolute Gasteiger partial charge is 0.272 e. The van der Waals surface area contributed by atoms with E-state index in [9.17, 15) is 4.79 Å². The van der Waals surface area contributed by atoms with Crippen LogP contribution in [0.15, 0.2) is 17.4 Å². The summed E-state index contributed by atoms with van der Waals surface area (Å²) in [6.45, 7) is 4.16. The van der Waals surface area contributed by atoms with E-state index in [2.05, 4.69) is 24.0 Å². The Bertz CT molecular complexity index is 445. The van der Waals surface area contributed by atoms with Crippen molar-refractivity contribution in [1.82, 2.24) is 14.8 Å². The fraction of sp³-hybridized carbons (Fsp3) is 0.583. The summed E-state index contributed by atoms with van der Waals surface area (Å²) >= 11 is 0. The first-order valence-electron chi connectivity index (χ1n) is 6.05. The SMILES string of the molecule is CCC(CC)N1N=C(c2ccnn2C)CC1=O. The van der Waals surface area contributed by atoms with Crippen LogP contribution < -0.4 is 0 Å². The Labute approximate surface area is 101 Å². The summed E-state index contributed by atoms with van der Waals surface area (Å²) in [6, 6.07) is 2.11. The normalized spacial score (nSPS) is 15.9. The van der Waals surface area contributed by atoms with E-state index < -0.39 is 0 Å². The molecule has 0 unspecified atom stereocenters. The van der Waals surface area contributed by atoms with Crippen LogP contribution in [-0.2, 0) is 11.8 Å². The predicted molar refractivity (Wildman–Crippen MR) is 65.6 cm³/mol. The highest BCUT2D eigenvalue weighted by Crippen LogP contribution is 2.19. The number of rotatable bonds is 4. The number of carbonyl (C=O) groups is 1. The van der Waals surface area contributed by atoms with Crippen LogP contribution in [0.25, 0.3) is 0 Å². The van der Waals surface area contributed by atoms with Gasteiger partial charge in [0.25, 0.3) is 0 Å². The molecule has 0 saturated carbocycles. The third-order valence-corrected chi connectivity index (χ3v) is 3.21. The zero-order valence-electron chi connectivity index (χ0n) is 10.6. The van der Waals surface area contributed by atoms with E-state index in [1.807, 2.05) is 13.1 Å². The fourth-order valence-electron chi connectivity index (χ4n) is 2.16. The first-order valence-corrected chi connectivity index (χ1v) is 6.05. The van der Waals surface area contributed by atoms with Crippen molar-refractivity contribution in [1.29, 1.82) is 0 Å². The Hall–Kier alpha value is -1.65. The van der Waals surface area contributed by atoms with Crippen molar-refractivity contribution < 1.29 is 4.79 Å². The maximum Gasteiger partial charge on any atom is 0.249 e. The molecule has 0 aliphatic carbocycles. The Morgan fingerprint density at radius 2 is 2.12 bits per heavy atom. The molecule has 0 N–H and O–H groups in total. The molecule has 1 aliphatic rings. The van der Waals surface area contributed by atoms with E-state index >= 15 is 0 Å². The summed E-state index contributed by atoms with van der Waals surface area (Å²) in [5.74, 6) is 0.0925. The maximum atomic E-state index is 11.9. The van der Waals surface area contributed by atoms with Gasteiger partial charge in [-0.05, 0) is 18.9 Å². The lowest BCUT2D eigenvalue weighted by Crippen LogP contribution is -2.31. The third-order valence-electron chi connectivity index (χ3n) is 3.21. The van der Waals surface area contributed by atoms with E-state index in [4.69, 9.17) is 0 Å². The van der Waals surface area contributed by atoms with Crippen molar-refractivity contribution in [2.24, 2.45) is 12.1 Å². The average molecular weight is 234 g/mol. The summed E-state index contributed by atoms with van der Waals surface area (Å²) in [5, 5.41) is 10.2. The number of hydrazone groups is 1. The molecule has 5 heteroatoms. The van der Waals surface area contributed by atoms with Gasteiger partial charge in [-0.3, -0.25) is 9.48 Å². The van der Waals surface area contributed by atoms with Gasteiger partial charge in [0.1, 0.15) is 0 Å². The van der Waals surface area contributed by atoms with Crippen LogP contribution in [0.3, 0.4) is 0 Å². The molecule has 2 heterocycles. The molecule has 17 heavy (non-hydrogen) atoms. The molecule has 0 bridgehead atoms. The van der Waals surface area contributed by atoms with Gasteiger partial charge in [-0.1, -0.05) is 13.8 Å². The number of nitrogens with zero attached hydrogens (tertiary/aromatic N) is 4. The predicted octanol–water partition coefficient (Wildman–Crippen LogP) is 1.55. The van der Waals surface area contributed by atoms with Crippen LogP contribution in [0.4, 0.5) is 0 Å². The summed E-state index contributed by atoms with van der Waals surface area (Å²) in [5.41, 5.74) is 1.74.